The Kier molecular flexibility index (Phi) is 4.90. The molecule has 1 aliphatic heterocycles. The number of rotatable bonds is 5. The lowest BCUT2D eigenvalue weighted by atomic mass is 9.94. The molecule has 0 saturated heterocycles. The molecule has 0 amide bonds. The maximum Gasteiger partial charge on any atom is 0.357 e. The minimum atomic E-state index is -0.560. The van der Waals surface area contributed by atoms with Gasteiger partial charge in [-0.1, -0.05) is 13.8 Å². The monoisotopic (exact) mass is 293 g/mol. The molecule has 1 aromatic rings. The van der Waals surface area contributed by atoms with Crippen molar-refractivity contribution in [1.82, 2.24) is 15.3 Å². The molecule has 0 atom stereocenters. The Balaban J connectivity index is 2.60. The van der Waals surface area contributed by atoms with E-state index in [4.69, 9.17) is 9.47 Å². The molecule has 21 heavy (non-hydrogen) atoms. The van der Waals surface area contributed by atoms with Crippen LogP contribution in [0.5, 0.6) is 0 Å². The molecule has 0 unspecified atom stereocenters. The number of aromatic nitrogens is 2. The van der Waals surface area contributed by atoms with Crippen LogP contribution in [0.1, 0.15) is 54.3 Å². The third kappa shape index (κ3) is 2.78. The first-order valence-corrected chi connectivity index (χ1v) is 7.36. The van der Waals surface area contributed by atoms with Crippen molar-refractivity contribution >= 4 is 5.97 Å². The molecule has 6 heteroatoms. The summed E-state index contributed by atoms with van der Waals surface area (Å²) in [5.41, 5.74) is 1.58. The number of nitrogens with zero attached hydrogens (tertiary/aromatic N) is 2. The quantitative estimate of drug-likeness (QED) is 0.831. The Labute approximate surface area is 125 Å². The van der Waals surface area contributed by atoms with Crippen LogP contribution < -0.4 is 5.32 Å². The molecule has 0 saturated carbocycles. The highest BCUT2D eigenvalue weighted by Crippen LogP contribution is 2.31. The molecular formula is C15H23N3O3. The molecule has 116 valence electrons. The molecular weight excluding hydrogens is 270 g/mol. The maximum absolute atomic E-state index is 12.1. The van der Waals surface area contributed by atoms with Crippen LogP contribution in [0.2, 0.25) is 0 Å². The van der Waals surface area contributed by atoms with Crippen LogP contribution in [-0.4, -0.2) is 36.7 Å². The molecule has 0 bridgehead atoms. The summed E-state index contributed by atoms with van der Waals surface area (Å²) >= 11 is 0. The summed E-state index contributed by atoms with van der Waals surface area (Å²) in [6, 6.07) is 0. The van der Waals surface area contributed by atoms with Gasteiger partial charge >= 0.3 is 5.97 Å². The zero-order valence-electron chi connectivity index (χ0n) is 13.2. The minimum Gasteiger partial charge on any atom is -0.464 e. The highest BCUT2D eigenvalue weighted by molar-refractivity contribution is 5.89. The molecule has 0 aromatic carbocycles. The number of esters is 1. The average Bonchev–Trinajstić information content (AvgIpc) is 2.55. The standard InChI is InChI=1S/C15H23N3O3/c1-5-15(6-2,21-4)14-17-11-9-16-8-7-10(11)12(18-14)13(19)20-3/h16H,5-9H2,1-4H3. The Morgan fingerprint density at radius 1 is 1.29 bits per heavy atom. The Morgan fingerprint density at radius 3 is 2.57 bits per heavy atom. The van der Waals surface area contributed by atoms with Crippen LogP contribution in [0.15, 0.2) is 0 Å². The molecule has 1 aliphatic rings. The molecule has 2 rings (SSSR count). The first kappa shape index (κ1) is 15.9. The van der Waals surface area contributed by atoms with Crippen molar-refractivity contribution in [3.05, 3.63) is 22.8 Å². The van der Waals surface area contributed by atoms with Gasteiger partial charge in [-0.3, -0.25) is 0 Å². The van der Waals surface area contributed by atoms with E-state index < -0.39 is 11.6 Å². The second-order valence-electron chi connectivity index (χ2n) is 5.14. The van der Waals surface area contributed by atoms with Crippen molar-refractivity contribution in [3.63, 3.8) is 0 Å². The summed E-state index contributed by atoms with van der Waals surface area (Å²) in [7, 11) is 3.03. The van der Waals surface area contributed by atoms with Crippen molar-refractivity contribution in [3.8, 4) is 0 Å². The van der Waals surface area contributed by atoms with E-state index in [1.807, 2.05) is 13.8 Å². The van der Waals surface area contributed by atoms with Crippen LogP contribution in [0.25, 0.3) is 0 Å². The summed E-state index contributed by atoms with van der Waals surface area (Å²) in [6.07, 6.45) is 2.22. The summed E-state index contributed by atoms with van der Waals surface area (Å²) in [5.74, 6) is 0.159. The van der Waals surface area contributed by atoms with Crippen molar-refractivity contribution < 1.29 is 14.3 Å². The summed E-state index contributed by atoms with van der Waals surface area (Å²) in [5, 5.41) is 3.27. The van der Waals surface area contributed by atoms with Crippen molar-refractivity contribution in [2.45, 2.75) is 45.3 Å². The van der Waals surface area contributed by atoms with Gasteiger partial charge in [-0.2, -0.15) is 0 Å². The number of carbonyl (C=O) groups excluding carboxylic acids is 1. The molecule has 2 heterocycles. The first-order chi connectivity index (χ1) is 10.1. The fourth-order valence-electron chi connectivity index (χ4n) is 2.77. The van der Waals surface area contributed by atoms with Gasteiger partial charge in [0.05, 0.1) is 12.8 Å². The number of hydrogen-bond acceptors (Lipinski definition) is 6. The fraction of sp³-hybridized carbons (Fsp3) is 0.667. The molecule has 0 aliphatic carbocycles. The van der Waals surface area contributed by atoms with Crippen LogP contribution >= 0.6 is 0 Å². The zero-order chi connectivity index (χ0) is 15.5. The fourth-order valence-corrected chi connectivity index (χ4v) is 2.77. The van der Waals surface area contributed by atoms with Gasteiger partial charge in [0, 0.05) is 19.2 Å². The first-order valence-electron chi connectivity index (χ1n) is 7.36. The van der Waals surface area contributed by atoms with E-state index >= 15 is 0 Å². The lowest BCUT2D eigenvalue weighted by molar-refractivity contribution is -0.0295. The number of ether oxygens (including phenoxy) is 2. The Morgan fingerprint density at radius 2 is 2.00 bits per heavy atom. The normalized spacial score (nSPS) is 14.7. The van der Waals surface area contributed by atoms with Crippen molar-refractivity contribution in [2.24, 2.45) is 0 Å². The van der Waals surface area contributed by atoms with E-state index in [9.17, 15) is 4.79 Å². The Hall–Kier alpha value is -1.53. The van der Waals surface area contributed by atoms with Gasteiger partial charge in [-0.15, -0.1) is 0 Å². The second-order valence-corrected chi connectivity index (χ2v) is 5.14. The number of nitrogens with one attached hydrogen (secondary N) is 1. The van der Waals surface area contributed by atoms with E-state index in [1.54, 1.807) is 7.11 Å². The van der Waals surface area contributed by atoms with Gasteiger partial charge in [-0.05, 0) is 25.8 Å². The molecule has 0 fully saturated rings. The van der Waals surface area contributed by atoms with Crippen LogP contribution in [0, 0.1) is 0 Å². The van der Waals surface area contributed by atoms with E-state index in [0.29, 0.717) is 18.1 Å². The van der Waals surface area contributed by atoms with E-state index in [-0.39, 0.29) is 0 Å². The van der Waals surface area contributed by atoms with Gasteiger partial charge in [0.25, 0.3) is 0 Å². The van der Waals surface area contributed by atoms with Crippen LogP contribution in [-0.2, 0) is 28.0 Å². The van der Waals surface area contributed by atoms with Crippen molar-refractivity contribution in [2.75, 3.05) is 20.8 Å². The lowest BCUT2D eigenvalue weighted by Gasteiger charge is -2.30. The van der Waals surface area contributed by atoms with Gasteiger partial charge in [0.2, 0.25) is 0 Å². The smallest absolute Gasteiger partial charge is 0.357 e. The maximum atomic E-state index is 12.1. The average molecular weight is 293 g/mol. The van der Waals surface area contributed by atoms with Crippen LogP contribution in [0.3, 0.4) is 0 Å². The van der Waals surface area contributed by atoms with Crippen LogP contribution in [0.4, 0.5) is 0 Å². The summed E-state index contributed by atoms with van der Waals surface area (Å²) < 4.78 is 10.6. The highest BCUT2D eigenvalue weighted by Gasteiger charge is 2.34. The van der Waals surface area contributed by atoms with Gasteiger partial charge in [0.15, 0.2) is 11.5 Å². The predicted octanol–water partition coefficient (Wildman–Crippen LogP) is 1.57. The molecule has 0 spiro atoms. The summed E-state index contributed by atoms with van der Waals surface area (Å²) in [4.78, 5) is 21.2. The van der Waals surface area contributed by atoms with Gasteiger partial charge < -0.3 is 14.8 Å². The van der Waals surface area contributed by atoms with Gasteiger partial charge in [-0.25, -0.2) is 14.8 Å². The molecule has 6 nitrogen and oxygen atoms in total. The number of methoxy groups -OCH3 is 2. The second kappa shape index (κ2) is 6.49. The van der Waals surface area contributed by atoms with E-state index in [2.05, 4.69) is 15.3 Å². The predicted molar refractivity (Wildman–Crippen MR) is 78.1 cm³/mol. The third-order valence-electron chi connectivity index (χ3n) is 4.26. The molecule has 1 aromatic heterocycles. The molecule has 0 radical (unpaired) electrons. The largest absolute Gasteiger partial charge is 0.464 e. The number of carbonyl (C=O) groups is 1. The van der Waals surface area contributed by atoms with Gasteiger partial charge in [0.1, 0.15) is 5.60 Å². The zero-order valence-corrected chi connectivity index (χ0v) is 13.2. The SMILES string of the molecule is CCC(CC)(OC)c1nc2c(c(C(=O)OC)n1)CCNC2. The molecule has 1 N–H and O–H groups in total. The lowest BCUT2D eigenvalue weighted by Crippen LogP contribution is -2.34. The topological polar surface area (TPSA) is 73.3 Å². The Bertz CT molecular complexity index is 519. The summed E-state index contributed by atoms with van der Waals surface area (Å²) in [6.45, 7) is 5.52. The van der Waals surface area contributed by atoms with E-state index in [1.165, 1.54) is 7.11 Å². The number of hydrogen-bond donors (Lipinski definition) is 1. The van der Waals surface area contributed by atoms with E-state index in [0.717, 1.165) is 37.1 Å². The van der Waals surface area contributed by atoms with Crippen molar-refractivity contribution in [1.29, 1.82) is 0 Å². The third-order valence-corrected chi connectivity index (χ3v) is 4.26. The highest BCUT2D eigenvalue weighted by atomic mass is 16.5. The number of fused-ring (bicyclic) bond motifs is 1. The minimum absolute atomic E-state index is 0.377.